The van der Waals surface area contributed by atoms with Crippen molar-refractivity contribution in [3.05, 3.63) is 70.0 Å². The molecular weight excluding hydrogens is 428 g/mol. The topological polar surface area (TPSA) is 96.2 Å². The number of hydrogen-bond acceptors (Lipinski definition) is 6. The number of fused-ring (bicyclic) bond motifs is 3. The average Bonchev–Trinajstić information content (AvgIpc) is 2.82. The minimum absolute atomic E-state index is 0.0760. The number of nitrogens with zero attached hydrogens (tertiary/aromatic N) is 3. The van der Waals surface area contributed by atoms with Gasteiger partial charge in [-0.1, -0.05) is 30.8 Å². The lowest BCUT2D eigenvalue weighted by Gasteiger charge is -2.32. The highest BCUT2D eigenvalue weighted by Crippen LogP contribution is 2.37. The molecule has 0 bridgehead atoms. The van der Waals surface area contributed by atoms with Crippen molar-refractivity contribution in [1.82, 2.24) is 10.1 Å². The fraction of sp³-hybridized carbons (Fsp3) is 0.261. The molecule has 0 saturated carbocycles. The molecule has 32 heavy (non-hydrogen) atoms. The minimum Gasteiger partial charge on any atom is -0.465 e. The lowest BCUT2D eigenvalue weighted by molar-refractivity contribution is -0.763. The number of benzene rings is 2. The predicted octanol–water partition coefficient (Wildman–Crippen LogP) is 2.93. The van der Waals surface area contributed by atoms with Gasteiger partial charge in [0.25, 0.3) is 6.17 Å². The maximum absolute atomic E-state index is 13.3. The summed E-state index contributed by atoms with van der Waals surface area (Å²) in [5.74, 6) is -0.523. The minimum atomic E-state index is -0.682. The van der Waals surface area contributed by atoms with Gasteiger partial charge in [-0.15, -0.1) is 0 Å². The number of H-pyrrole nitrogens is 1. The van der Waals surface area contributed by atoms with E-state index in [1.54, 1.807) is 33.8 Å². The van der Waals surface area contributed by atoms with Gasteiger partial charge < -0.3 is 4.74 Å². The lowest BCUT2D eigenvalue weighted by atomic mass is 10.00. The van der Waals surface area contributed by atoms with E-state index < -0.39 is 12.1 Å². The molecule has 2 heterocycles. The Morgan fingerprint density at radius 3 is 2.56 bits per heavy atom. The molecule has 164 valence electrons. The Bertz CT molecular complexity index is 1240. The van der Waals surface area contributed by atoms with Crippen LogP contribution < -0.4 is 15.1 Å². The molecule has 0 unspecified atom stereocenters. The molecule has 0 radical (unpaired) electrons. The first-order valence-corrected chi connectivity index (χ1v) is 11.4. The number of carbonyl (C=O) groups excluding carboxylic acids is 2. The van der Waals surface area contributed by atoms with E-state index in [0.717, 1.165) is 0 Å². The highest BCUT2D eigenvalue weighted by molar-refractivity contribution is 7.98. The van der Waals surface area contributed by atoms with Crippen LogP contribution in [0.3, 0.4) is 0 Å². The van der Waals surface area contributed by atoms with Crippen molar-refractivity contribution in [2.24, 2.45) is 0 Å². The highest BCUT2D eigenvalue weighted by atomic mass is 32.2. The van der Waals surface area contributed by atoms with Crippen molar-refractivity contribution in [2.75, 3.05) is 18.3 Å². The van der Waals surface area contributed by atoms with Gasteiger partial charge >= 0.3 is 17.2 Å². The normalized spacial score (nSPS) is 14.5. The number of rotatable bonds is 5. The molecule has 0 aliphatic carbocycles. The van der Waals surface area contributed by atoms with E-state index in [2.05, 4.69) is 10.1 Å². The Morgan fingerprint density at radius 1 is 1.19 bits per heavy atom. The summed E-state index contributed by atoms with van der Waals surface area (Å²) < 4.78 is 6.40. The van der Waals surface area contributed by atoms with Crippen LogP contribution in [0.15, 0.2) is 58.5 Å². The van der Waals surface area contributed by atoms with Crippen molar-refractivity contribution >= 4 is 29.3 Å². The summed E-state index contributed by atoms with van der Waals surface area (Å²) >= 11 is 1.31. The van der Waals surface area contributed by atoms with Gasteiger partial charge in [0.05, 0.1) is 23.9 Å². The van der Waals surface area contributed by atoms with E-state index in [4.69, 9.17) is 4.74 Å². The Hall–Kier alpha value is -3.46. The summed E-state index contributed by atoms with van der Waals surface area (Å²) in [5, 5.41) is 5.10. The van der Waals surface area contributed by atoms with E-state index in [1.165, 1.54) is 18.9 Å². The number of amides is 1. The summed E-state index contributed by atoms with van der Waals surface area (Å²) in [5.41, 5.74) is 2.50. The molecule has 9 heteroatoms. The van der Waals surface area contributed by atoms with Crippen LogP contribution in [0.1, 0.15) is 41.9 Å². The lowest BCUT2D eigenvalue weighted by Crippen LogP contribution is -2.60. The summed E-state index contributed by atoms with van der Waals surface area (Å²) in [6, 6.07) is 14.1. The quantitative estimate of drug-likeness (QED) is 0.364. The molecule has 0 spiro atoms. The zero-order chi connectivity index (χ0) is 22.8. The van der Waals surface area contributed by atoms with E-state index in [-0.39, 0.29) is 11.5 Å². The number of thioether (sulfide) groups is 1. The van der Waals surface area contributed by atoms with Crippen LogP contribution in [-0.2, 0) is 9.53 Å². The molecule has 4 rings (SSSR count). The fourth-order valence-corrected chi connectivity index (χ4v) is 4.24. The molecule has 0 saturated heterocycles. The van der Waals surface area contributed by atoms with Crippen molar-refractivity contribution in [1.29, 1.82) is 0 Å². The van der Waals surface area contributed by atoms with Gasteiger partial charge in [-0.05, 0) is 53.8 Å². The molecule has 1 aliphatic rings. The number of ether oxygens (including phenoxy) is 1. The van der Waals surface area contributed by atoms with Crippen molar-refractivity contribution in [3.63, 3.8) is 0 Å². The van der Waals surface area contributed by atoms with Crippen LogP contribution in [0.4, 0.5) is 5.69 Å². The summed E-state index contributed by atoms with van der Waals surface area (Å²) in [6.07, 6.45) is 2.17. The smallest absolute Gasteiger partial charge is 0.337 e. The van der Waals surface area contributed by atoms with Crippen LogP contribution in [0, 0.1) is 0 Å². The second-order valence-electron chi connectivity index (χ2n) is 7.27. The standard InChI is InChI=1S/C23H22N4O4S/c1-4-7-18(28)26-17-9-6-5-8-16(17)19-20(29)24-23(32-3)25-27(19)21(26)14-10-12-15(13-11-14)22(30)31-2/h5-6,8-13,21H,4,7H2,1-3H3/p+1/t21-/m0/s1. The molecule has 0 fully saturated rings. The number of anilines is 1. The summed E-state index contributed by atoms with van der Waals surface area (Å²) in [4.78, 5) is 42.8. The third kappa shape index (κ3) is 3.69. The number of aromatic amines is 1. The second kappa shape index (κ2) is 8.96. The Balaban J connectivity index is 1.99. The third-order valence-corrected chi connectivity index (χ3v) is 5.88. The number of esters is 1. The molecule has 1 aliphatic heterocycles. The first kappa shape index (κ1) is 21.8. The van der Waals surface area contributed by atoms with E-state index in [1.807, 2.05) is 37.4 Å². The molecule has 1 N–H and O–H groups in total. The number of para-hydroxylation sites is 1. The third-order valence-electron chi connectivity index (χ3n) is 5.31. The fourth-order valence-electron chi connectivity index (χ4n) is 3.88. The van der Waals surface area contributed by atoms with Crippen LogP contribution in [0.2, 0.25) is 0 Å². The predicted molar refractivity (Wildman–Crippen MR) is 121 cm³/mol. The van der Waals surface area contributed by atoms with Gasteiger partial charge in [0.2, 0.25) is 11.1 Å². The molecule has 1 amide bonds. The van der Waals surface area contributed by atoms with E-state index in [0.29, 0.717) is 46.1 Å². The van der Waals surface area contributed by atoms with Gasteiger partial charge in [-0.25, -0.2) is 9.69 Å². The van der Waals surface area contributed by atoms with Gasteiger partial charge in [-0.2, -0.15) is 0 Å². The van der Waals surface area contributed by atoms with Gasteiger partial charge in [0.15, 0.2) is 0 Å². The summed E-state index contributed by atoms with van der Waals surface area (Å²) in [7, 11) is 1.33. The van der Waals surface area contributed by atoms with E-state index >= 15 is 0 Å². The van der Waals surface area contributed by atoms with Crippen LogP contribution in [0.25, 0.3) is 11.3 Å². The van der Waals surface area contributed by atoms with Gasteiger partial charge in [0.1, 0.15) is 0 Å². The van der Waals surface area contributed by atoms with Gasteiger partial charge in [0, 0.05) is 17.1 Å². The molecule has 3 aromatic rings. The number of methoxy groups -OCH3 is 1. The first-order chi connectivity index (χ1) is 15.5. The largest absolute Gasteiger partial charge is 0.465 e. The highest BCUT2D eigenvalue weighted by Gasteiger charge is 2.45. The Kier molecular flexibility index (Phi) is 6.09. The van der Waals surface area contributed by atoms with Crippen LogP contribution in [-0.4, -0.2) is 35.3 Å². The average molecular weight is 452 g/mol. The number of aromatic nitrogens is 3. The molecule has 2 aromatic carbocycles. The molecule has 1 aromatic heterocycles. The van der Waals surface area contributed by atoms with Crippen molar-refractivity contribution < 1.29 is 19.0 Å². The van der Waals surface area contributed by atoms with Crippen LogP contribution >= 0.6 is 11.8 Å². The summed E-state index contributed by atoms with van der Waals surface area (Å²) in [6.45, 7) is 1.95. The first-order valence-electron chi connectivity index (χ1n) is 10.2. The SMILES string of the molecule is CCCC(=O)N1c2ccccc2-c2c(=O)[nH]c(SC)n[n+]2[C@H]1c1ccc(C(=O)OC)cc1. The van der Waals surface area contributed by atoms with E-state index in [9.17, 15) is 14.4 Å². The van der Waals surface area contributed by atoms with Crippen molar-refractivity contribution in [3.8, 4) is 11.3 Å². The zero-order valence-electron chi connectivity index (χ0n) is 18.0. The second-order valence-corrected chi connectivity index (χ2v) is 8.07. The number of nitrogens with one attached hydrogen (secondary N) is 1. The van der Waals surface area contributed by atoms with Crippen molar-refractivity contribution in [2.45, 2.75) is 31.1 Å². The maximum atomic E-state index is 13.3. The maximum Gasteiger partial charge on any atom is 0.337 e. The molecule has 8 nitrogen and oxygen atoms in total. The monoisotopic (exact) mass is 451 g/mol. The Morgan fingerprint density at radius 2 is 1.91 bits per heavy atom. The Labute approximate surface area is 189 Å². The number of hydrogen-bond donors (Lipinski definition) is 1. The molecule has 1 atom stereocenters. The zero-order valence-corrected chi connectivity index (χ0v) is 18.8. The van der Waals surface area contributed by atoms with Crippen LogP contribution in [0.5, 0.6) is 0 Å². The number of carbonyl (C=O) groups is 2. The van der Waals surface area contributed by atoms with Gasteiger partial charge in [-0.3, -0.25) is 14.6 Å². The molecular formula is C23H23N4O4S+.